The Balaban J connectivity index is 1.48. The van der Waals surface area contributed by atoms with E-state index in [1.54, 1.807) is 12.4 Å². The number of benzene rings is 1. The maximum Gasteiger partial charge on any atom is 0.325 e. The Kier molecular flexibility index (Phi) is 6.53. The number of carbonyl (C=O) groups excluding carboxylic acids is 1. The van der Waals surface area contributed by atoms with Crippen molar-refractivity contribution in [2.24, 2.45) is 5.92 Å². The summed E-state index contributed by atoms with van der Waals surface area (Å²) in [5.74, 6) is -1.03. The van der Waals surface area contributed by atoms with Crippen LogP contribution >= 0.6 is 0 Å². The molecule has 0 unspecified atom stereocenters. The number of H-pyrrole nitrogens is 1. The van der Waals surface area contributed by atoms with Crippen LogP contribution in [0.4, 0.5) is 5.69 Å². The molecule has 0 saturated carbocycles. The first kappa shape index (κ1) is 22.0. The van der Waals surface area contributed by atoms with Gasteiger partial charge in [-0.3, -0.25) is 24.4 Å². The molecule has 1 saturated heterocycles. The minimum Gasteiger partial charge on any atom is -0.480 e. The fraction of sp³-hybridized carbons (Fsp3) is 0.375. The van der Waals surface area contributed by atoms with Crippen molar-refractivity contribution >= 4 is 28.5 Å². The maximum atomic E-state index is 12.3. The lowest BCUT2D eigenvalue weighted by Crippen LogP contribution is -2.48. The molecule has 4 rings (SSSR count). The van der Waals surface area contributed by atoms with Crippen LogP contribution in [0.1, 0.15) is 31.1 Å². The van der Waals surface area contributed by atoms with E-state index in [4.69, 9.17) is 0 Å². The SMILES string of the molecule is CC(C)C(=O)Nc1ccc2c([C@H](C(=O)O)N3CCN(Cc4ccccn4)CC3)c[nH]c2c1. The number of hydrogen-bond acceptors (Lipinski definition) is 5. The van der Waals surface area contributed by atoms with Gasteiger partial charge in [-0.25, -0.2) is 0 Å². The quantitative estimate of drug-likeness (QED) is 0.527. The number of aliphatic carboxylic acids is 1. The third-order valence-corrected chi connectivity index (χ3v) is 5.92. The van der Waals surface area contributed by atoms with Crippen LogP contribution in [-0.4, -0.2) is 62.9 Å². The van der Waals surface area contributed by atoms with Gasteiger partial charge in [-0.1, -0.05) is 26.0 Å². The van der Waals surface area contributed by atoms with Crippen LogP contribution in [-0.2, 0) is 16.1 Å². The van der Waals surface area contributed by atoms with Gasteiger partial charge in [-0.15, -0.1) is 0 Å². The molecule has 2 aromatic heterocycles. The summed E-state index contributed by atoms with van der Waals surface area (Å²) in [5.41, 5.74) is 3.27. The molecule has 0 aliphatic carbocycles. The topological polar surface area (TPSA) is 102 Å². The molecule has 1 amide bonds. The molecular formula is C24H29N5O3. The molecule has 32 heavy (non-hydrogen) atoms. The summed E-state index contributed by atoms with van der Waals surface area (Å²) in [7, 11) is 0. The van der Waals surface area contributed by atoms with Gasteiger partial charge in [0, 0.05) is 73.2 Å². The zero-order valence-corrected chi connectivity index (χ0v) is 18.4. The molecule has 3 aromatic rings. The van der Waals surface area contributed by atoms with E-state index >= 15 is 0 Å². The molecule has 0 bridgehead atoms. The van der Waals surface area contributed by atoms with E-state index in [9.17, 15) is 14.7 Å². The van der Waals surface area contributed by atoms with Gasteiger partial charge in [0.05, 0.1) is 5.69 Å². The summed E-state index contributed by atoms with van der Waals surface area (Å²) < 4.78 is 0. The summed E-state index contributed by atoms with van der Waals surface area (Å²) in [6, 6.07) is 10.7. The van der Waals surface area contributed by atoms with Crippen LogP contribution < -0.4 is 5.32 Å². The Bertz CT molecular complexity index is 1090. The Labute approximate surface area is 187 Å². The Hall–Kier alpha value is -3.23. The third-order valence-electron chi connectivity index (χ3n) is 5.92. The van der Waals surface area contributed by atoms with Crippen LogP contribution in [0.25, 0.3) is 10.9 Å². The fourth-order valence-electron chi connectivity index (χ4n) is 4.13. The smallest absolute Gasteiger partial charge is 0.325 e. The number of pyridine rings is 1. The number of aromatic nitrogens is 2. The predicted octanol–water partition coefficient (Wildman–Crippen LogP) is 3.10. The van der Waals surface area contributed by atoms with Crippen molar-refractivity contribution in [3.63, 3.8) is 0 Å². The predicted molar refractivity (Wildman–Crippen MR) is 123 cm³/mol. The Morgan fingerprint density at radius 1 is 1.16 bits per heavy atom. The monoisotopic (exact) mass is 435 g/mol. The molecule has 0 spiro atoms. The largest absolute Gasteiger partial charge is 0.480 e. The normalized spacial score (nSPS) is 16.3. The highest BCUT2D eigenvalue weighted by molar-refractivity contribution is 5.96. The lowest BCUT2D eigenvalue weighted by Gasteiger charge is -2.37. The number of amides is 1. The highest BCUT2D eigenvalue weighted by atomic mass is 16.4. The lowest BCUT2D eigenvalue weighted by atomic mass is 10.0. The number of rotatable bonds is 7. The van der Waals surface area contributed by atoms with Crippen molar-refractivity contribution in [1.29, 1.82) is 0 Å². The van der Waals surface area contributed by atoms with E-state index in [1.807, 2.05) is 55.1 Å². The van der Waals surface area contributed by atoms with E-state index in [0.717, 1.165) is 41.8 Å². The second kappa shape index (κ2) is 9.50. The number of nitrogens with one attached hydrogen (secondary N) is 2. The summed E-state index contributed by atoms with van der Waals surface area (Å²) in [6.07, 6.45) is 3.57. The highest BCUT2D eigenvalue weighted by Crippen LogP contribution is 2.31. The van der Waals surface area contributed by atoms with Gasteiger partial charge in [-0.2, -0.15) is 0 Å². The van der Waals surface area contributed by atoms with Crippen molar-refractivity contribution in [3.05, 3.63) is 60.0 Å². The maximum absolute atomic E-state index is 12.3. The molecule has 168 valence electrons. The highest BCUT2D eigenvalue weighted by Gasteiger charge is 2.32. The van der Waals surface area contributed by atoms with E-state index in [-0.39, 0.29) is 11.8 Å². The molecule has 1 aliphatic heterocycles. The van der Waals surface area contributed by atoms with Crippen molar-refractivity contribution in [1.82, 2.24) is 19.8 Å². The van der Waals surface area contributed by atoms with E-state index < -0.39 is 12.0 Å². The number of anilines is 1. The van der Waals surface area contributed by atoms with Crippen molar-refractivity contribution in [2.75, 3.05) is 31.5 Å². The lowest BCUT2D eigenvalue weighted by molar-refractivity contribution is -0.144. The van der Waals surface area contributed by atoms with E-state index in [2.05, 4.69) is 20.2 Å². The molecule has 8 nitrogen and oxygen atoms in total. The van der Waals surface area contributed by atoms with Crippen LogP contribution in [0.5, 0.6) is 0 Å². The van der Waals surface area contributed by atoms with Crippen molar-refractivity contribution in [2.45, 2.75) is 26.4 Å². The standard InChI is InChI=1S/C24H29N5O3/c1-16(2)23(30)27-17-6-7-19-20(14-26-21(19)13-17)22(24(31)32)29-11-9-28(10-12-29)15-18-5-3-4-8-25-18/h3-8,13-14,16,22,26H,9-12,15H2,1-2H3,(H,27,30)(H,31,32)/t22-/m1/s1. The number of carbonyl (C=O) groups is 2. The average Bonchev–Trinajstić information content (AvgIpc) is 3.18. The minimum absolute atomic E-state index is 0.0527. The zero-order chi connectivity index (χ0) is 22.7. The first-order valence-corrected chi connectivity index (χ1v) is 10.9. The van der Waals surface area contributed by atoms with E-state index in [1.165, 1.54) is 0 Å². The zero-order valence-electron chi connectivity index (χ0n) is 18.4. The van der Waals surface area contributed by atoms with Gasteiger partial charge >= 0.3 is 5.97 Å². The molecule has 3 heterocycles. The third kappa shape index (κ3) is 4.81. The number of piperazine rings is 1. The second-order valence-corrected chi connectivity index (χ2v) is 8.52. The molecule has 1 aliphatic rings. The van der Waals surface area contributed by atoms with Crippen LogP contribution in [0.15, 0.2) is 48.8 Å². The van der Waals surface area contributed by atoms with Crippen LogP contribution in [0.2, 0.25) is 0 Å². The van der Waals surface area contributed by atoms with Crippen molar-refractivity contribution < 1.29 is 14.7 Å². The number of hydrogen-bond donors (Lipinski definition) is 3. The molecule has 0 radical (unpaired) electrons. The van der Waals surface area contributed by atoms with Gasteiger partial charge in [0.15, 0.2) is 0 Å². The molecule has 3 N–H and O–H groups in total. The number of nitrogens with zero attached hydrogens (tertiary/aromatic N) is 3. The summed E-state index contributed by atoms with van der Waals surface area (Å²) in [4.78, 5) is 36.1. The summed E-state index contributed by atoms with van der Waals surface area (Å²) in [6.45, 7) is 7.35. The number of fused-ring (bicyclic) bond motifs is 1. The van der Waals surface area contributed by atoms with Gasteiger partial charge in [0.1, 0.15) is 6.04 Å². The second-order valence-electron chi connectivity index (χ2n) is 8.52. The molecule has 1 aromatic carbocycles. The average molecular weight is 436 g/mol. The fourth-order valence-corrected chi connectivity index (χ4v) is 4.13. The minimum atomic E-state index is -0.860. The first-order valence-electron chi connectivity index (χ1n) is 10.9. The summed E-state index contributed by atoms with van der Waals surface area (Å²) >= 11 is 0. The van der Waals surface area contributed by atoms with Crippen LogP contribution in [0, 0.1) is 5.92 Å². The number of carboxylic acid groups (broad SMARTS) is 1. The number of aromatic amines is 1. The Morgan fingerprint density at radius 2 is 1.94 bits per heavy atom. The number of carboxylic acids is 1. The van der Waals surface area contributed by atoms with Gasteiger partial charge < -0.3 is 15.4 Å². The molecule has 1 fully saturated rings. The van der Waals surface area contributed by atoms with E-state index in [0.29, 0.717) is 18.8 Å². The van der Waals surface area contributed by atoms with Gasteiger partial charge in [0.25, 0.3) is 0 Å². The van der Waals surface area contributed by atoms with Crippen molar-refractivity contribution in [3.8, 4) is 0 Å². The first-order chi connectivity index (χ1) is 15.4. The molecule has 1 atom stereocenters. The summed E-state index contributed by atoms with van der Waals surface area (Å²) in [5, 5.41) is 13.8. The van der Waals surface area contributed by atoms with Gasteiger partial charge in [0.2, 0.25) is 5.91 Å². The Morgan fingerprint density at radius 3 is 2.59 bits per heavy atom. The van der Waals surface area contributed by atoms with Crippen LogP contribution in [0.3, 0.4) is 0 Å². The van der Waals surface area contributed by atoms with Gasteiger partial charge in [-0.05, 0) is 24.3 Å². The molecular weight excluding hydrogens is 406 g/mol. The molecule has 8 heteroatoms.